The second-order valence-corrected chi connectivity index (χ2v) is 4.05. The normalized spacial score (nSPS) is 10.3. The van der Waals surface area contributed by atoms with E-state index in [-0.39, 0.29) is 6.61 Å². The number of hydrogen-bond acceptors (Lipinski definition) is 5. The molecule has 0 saturated carbocycles. The minimum atomic E-state index is -0.480. The summed E-state index contributed by atoms with van der Waals surface area (Å²) in [5, 5.41) is 3.57. The Morgan fingerprint density at radius 1 is 1.56 bits per heavy atom. The average molecular weight is 273 g/mol. The smallest absolute Gasteiger partial charge is 0.243 e. The molecule has 0 bridgehead atoms. The highest BCUT2D eigenvalue weighted by Crippen LogP contribution is 2.20. The van der Waals surface area contributed by atoms with Crippen LogP contribution in [0.3, 0.4) is 0 Å². The third-order valence-electron chi connectivity index (χ3n) is 2.18. The molecule has 0 fully saturated rings. The molecule has 0 atom stereocenters. The number of amides is 1. The number of primary amides is 1. The van der Waals surface area contributed by atoms with Crippen molar-refractivity contribution in [2.24, 2.45) is 5.73 Å². The highest BCUT2D eigenvalue weighted by Gasteiger charge is 2.08. The largest absolute Gasteiger partial charge is 0.370 e. The molecule has 1 rings (SSSR count). The maximum Gasteiger partial charge on any atom is 0.243 e. The first kappa shape index (κ1) is 14.7. The third kappa shape index (κ3) is 4.85. The molecule has 0 aliphatic carbocycles. The van der Waals surface area contributed by atoms with Crippen molar-refractivity contribution >= 4 is 23.3 Å². The lowest BCUT2D eigenvalue weighted by molar-refractivity contribution is -0.122. The molecular weight excluding hydrogens is 256 g/mol. The van der Waals surface area contributed by atoms with Crippen LogP contribution < -0.4 is 11.1 Å². The molecule has 3 N–H and O–H groups in total. The monoisotopic (exact) mass is 272 g/mol. The maximum atomic E-state index is 10.5. The fraction of sp³-hybridized carbons (Fsp3) is 0.545. The van der Waals surface area contributed by atoms with Gasteiger partial charge in [0.15, 0.2) is 0 Å². The fourth-order valence-electron chi connectivity index (χ4n) is 1.43. The van der Waals surface area contributed by atoms with Gasteiger partial charge in [0.05, 0.1) is 6.61 Å². The van der Waals surface area contributed by atoms with Crippen LogP contribution in [-0.2, 0) is 16.0 Å². The first-order valence-corrected chi connectivity index (χ1v) is 6.12. The van der Waals surface area contributed by atoms with Gasteiger partial charge >= 0.3 is 0 Å². The van der Waals surface area contributed by atoms with Crippen LogP contribution in [0.15, 0.2) is 6.33 Å². The summed E-state index contributed by atoms with van der Waals surface area (Å²) in [7, 11) is 0. The quantitative estimate of drug-likeness (QED) is 0.544. The van der Waals surface area contributed by atoms with Crippen LogP contribution in [0.5, 0.6) is 0 Å². The number of rotatable bonds is 8. The topological polar surface area (TPSA) is 90.1 Å². The zero-order valence-corrected chi connectivity index (χ0v) is 11.0. The predicted octanol–water partition coefficient (Wildman–Crippen LogP) is 0.996. The Labute approximate surface area is 111 Å². The van der Waals surface area contributed by atoms with E-state index in [1.807, 2.05) is 0 Å². The molecule has 0 aliphatic rings. The minimum Gasteiger partial charge on any atom is -0.370 e. The van der Waals surface area contributed by atoms with Crippen LogP contribution in [0.25, 0.3) is 0 Å². The highest BCUT2D eigenvalue weighted by atomic mass is 35.5. The van der Waals surface area contributed by atoms with Gasteiger partial charge < -0.3 is 15.8 Å². The van der Waals surface area contributed by atoms with Gasteiger partial charge in [-0.15, -0.1) is 0 Å². The summed E-state index contributed by atoms with van der Waals surface area (Å²) in [6.07, 6.45) is 3.18. The molecule has 1 aromatic rings. The summed E-state index contributed by atoms with van der Waals surface area (Å²) in [5.74, 6) is 0.228. The van der Waals surface area contributed by atoms with Crippen molar-refractivity contribution < 1.29 is 9.53 Å². The lowest BCUT2D eigenvalue weighted by atomic mass is 10.2. The number of aromatic nitrogens is 2. The van der Waals surface area contributed by atoms with Crippen LogP contribution in [-0.4, -0.2) is 35.6 Å². The number of carbonyl (C=O) groups is 1. The maximum absolute atomic E-state index is 10.5. The Bertz CT molecular complexity index is 401. The fourth-order valence-corrected chi connectivity index (χ4v) is 1.66. The van der Waals surface area contributed by atoms with Gasteiger partial charge in [-0.25, -0.2) is 9.97 Å². The Morgan fingerprint density at radius 3 is 3.00 bits per heavy atom. The molecule has 7 heteroatoms. The van der Waals surface area contributed by atoms with Crippen molar-refractivity contribution in [2.45, 2.75) is 19.8 Å². The molecule has 100 valence electrons. The number of carbonyl (C=O) groups excluding carboxylic acids is 1. The first-order chi connectivity index (χ1) is 8.65. The van der Waals surface area contributed by atoms with E-state index < -0.39 is 5.91 Å². The summed E-state index contributed by atoms with van der Waals surface area (Å²) >= 11 is 6.01. The van der Waals surface area contributed by atoms with Gasteiger partial charge in [-0.1, -0.05) is 24.9 Å². The van der Waals surface area contributed by atoms with E-state index in [0.717, 1.165) is 18.4 Å². The number of ether oxygens (including phenoxy) is 1. The Morgan fingerprint density at radius 2 is 2.33 bits per heavy atom. The molecule has 0 spiro atoms. The summed E-state index contributed by atoms with van der Waals surface area (Å²) in [4.78, 5) is 18.5. The summed E-state index contributed by atoms with van der Waals surface area (Å²) in [6.45, 7) is 2.88. The van der Waals surface area contributed by atoms with E-state index >= 15 is 0 Å². The van der Waals surface area contributed by atoms with Gasteiger partial charge in [-0.2, -0.15) is 0 Å². The summed E-state index contributed by atoms with van der Waals surface area (Å²) in [5.41, 5.74) is 5.85. The second-order valence-electron chi connectivity index (χ2n) is 3.69. The number of halogens is 1. The van der Waals surface area contributed by atoms with Crippen molar-refractivity contribution in [1.82, 2.24) is 9.97 Å². The molecule has 0 radical (unpaired) electrons. The lowest BCUT2D eigenvalue weighted by Gasteiger charge is -2.11. The molecule has 18 heavy (non-hydrogen) atoms. The van der Waals surface area contributed by atoms with Gasteiger partial charge in [0.25, 0.3) is 0 Å². The number of hydrogen-bond donors (Lipinski definition) is 2. The Hall–Kier alpha value is -1.40. The standard InChI is InChI=1S/C11H17ClN4O2/c1-2-3-8-10(12)15-7-16-11(8)14-4-5-18-6-9(13)17/h7H,2-6H2,1H3,(H2,13,17)(H,14,15,16). The number of nitrogens with one attached hydrogen (secondary N) is 1. The molecule has 0 unspecified atom stereocenters. The molecule has 0 aliphatic heterocycles. The van der Waals surface area contributed by atoms with Crippen molar-refractivity contribution in [1.29, 1.82) is 0 Å². The first-order valence-electron chi connectivity index (χ1n) is 5.74. The number of nitrogens with zero attached hydrogens (tertiary/aromatic N) is 2. The zero-order chi connectivity index (χ0) is 13.4. The summed E-state index contributed by atoms with van der Waals surface area (Å²) < 4.78 is 5.03. The van der Waals surface area contributed by atoms with E-state index in [1.165, 1.54) is 6.33 Å². The second kappa shape index (κ2) is 7.84. The molecular formula is C11H17ClN4O2. The van der Waals surface area contributed by atoms with Crippen LogP contribution in [0.1, 0.15) is 18.9 Å². The third-order valence-corrected chi connectivity index (χ3v) is 2.50. The molecule has 0 saturated heterocycles. The van der Waals surface area contributed by atoms with Crippen LogP contribution >= 0.6 is 11.6 Å². The highest BCUT2D eigenvalue weighted by molar-refractivity contribution is 6.30. The van der Waals surface area contributed by atoms with E-state index in [2.05, 4.69) is 22.2 Å². The van der Waals surface area contributed by atoms with Gasteiger partial charge in [0, 0.05) is 12.1 Å². The minimum absolute atomic E-state index is 0.0754. The van der Waals surface area contributed by atoms with Gasteiger partial charge in [0.2, 0.25) is 5.91 Å². The van der Waals surface area contributed by atoms with Crippen molar-refractivity contribution in [2.75, 3.05) is 25.1 Å². The van der Waals surface area contributed by atoms with E-state index in [9.17, 15) is 4.79 Å². The van der Waals surface area contributed by atoms with Crippen LogP contribution in [0.2, 0.25) is 5.15 Å². The number of anilines is 1. The van der Waals surface area contributed by atoms with E-state index in [1.54, 1.807) is 0 Å². The molecule has 1 amide bonds. The molecule has 1 heterocycles. The SMILES string of the molecule is CCCc1c(Cl)ncnc1NCCOCC(N)=O. The van der Waals surface area contributed by atoms with Crippen molar-refractivity contribution in [3.63, 3.8) is 0 Å². The predicted molar refractivity (Wildman–Crippen MR) is 69.5 cm³/mol. The molecule has 0 aromatic carbocycles. The van der Waals surface area contributed by atoms with Crippen LogP contribution in [0, 0.1) is 0 Å². The van der Waals surface area contributed by atoms with Crippen LogP contribution in [0.4, 0.5) is 5.82 Å². The average Bonchev–Trinajstić information content (AvgIpc) is 2.32. The molecule has 6 nitrogen and oxygen atoms in total. The van der Waals surface area contributed by atoms with E-state index in [4.69, 9.17) is 22.1 Å². The molecule has 1 aromatic heterocycles. The van der Waals surface area contributed by atoms with E-state index in [0.29, 0.717) is 24.1 Å². The van der Waals surface area contributed by atoms with Gasteiger partial charge in [-0.3, -0.25) is 4.79 Å². The van der Waals surface area contributed by atoms with Crippen molar-refractivity contribution in [3.8, 4) is 0 Å². The van der Waals surface area contributed by atoms with Gasteiger partial charge in [-0.05, 0) is 6.42 Å². The zero-order valence-electron chi connectivity index (χ0n) is 10.3. The Balaban J connectivity index is 2.46. The Kier molecular flexibility index (Phi) is 6.38. The van der Waals surface area contributed by atoms with Gasteiger partial charge in [0.1, 0.15) is 23.9 Å². The number of nitrogens with two attached hydrogens (primary N) is 1. The lowest BCUT2D eigenvalue weighted by Crippen LogP contribution is -2.21. The summed E-state index contributed by atoms with van der Waals surface area (Å²) in [6, 6.07) is 0. The van der Waals surface area contributed by atoms with Crippen molar-refractivity contribution in [3.05, 3.63) is 17.0 Å².